The van der Waals surface area contributed by atoms with E-state index in [-0.39, 0.29) is 28.3 Å². The molecule has 0 saturated heterocycles. The molecule has 0 saturated carbocycles. The van der Waals surface area contributed by atoms with Crippen LogP contribution in [0, 0.1) is 0 Å². The molecule has 0 aliphatic carbocycles. The fraction of sp³-hybridized carbons (Fsp3) is 0.211. The molecule has 2 N–H and O–H groups in total. The quantitative estimate of drug-likeness (QED) is 0.482. The Labute approximate surface area is 183 Å². The third-order valence-electron chi connectivity index (χ3n) is 3.82. The standard InChI is InChI=1S/C19H19ClN4O4S2/c1-3-28-11-16-17(29-19(23-16)22-12(2)25)13-9-15(18(20)21-10-13)24-30(26,27)14-7-5-4-6-8-14/h4-10,24H,3,11H2,1-2H3,(H,22,23,25). The Hall–Kier alpha value is -2.53. The second-order valence-electron chi connectivity index (χ2n) is 6.09. The number of nitrogens with zero attached hydrogens (tertiary/aromatic N) is 2. The molecule has 1 aromatic carbocycles. The molecule has 3 rings (SSSR count). The van der Waals surface area contributed by atoms with Gasteiger partial charge in [0.2, 0.25) is 5.91 Å². The van der Waals surface area contributed by atoms with E-state index in [0.29, 0.717) is 27.9 Å². The number of halogens is 1. The van der Waals surface area contributed by atoms with Gasteiger partial charge in [0.15, 0.2) is 10.3 Å². The van der Waals surface area contributed by atoms with Gasteiger partial charge in [-0.15, -0.1) is 0 Å². The van der Waals surface area contributed by atoms with Crippen molar-refractivity contribution in [3.8, 4) is 10.4 Å². The third-order valence-corrected chi connectivity index (χ3v) is 6.57. The summed E-state index contributed by atoms with van der Waals surface area (Å²) in [6.07, 6.45) is 1.52. The molecule has 0 radical (unpaired) electrons. The molecule has 0 bridgehead atoms. The van der Waals surface area contributed by atoms with Crippen molar-refractivity contribution in [2.24, 2.45) is 0 Å². The summed E-state index contributed by atoms with van der Waals surface area (Å²) in [5.41, 5.74) is 1.33. The molecule has 0 fully saturated rings. The number of amides is 1. The smallest absolute Gasteiger partial charge is 0.261 e. The van der Waals surface area contributed by atoms with Crippen LogP contribution in [0.5, 0.6) is 0 Å². The van der Waals surface area contributed by atoms with Crippen LogP contribution in [-0.2, 0) is 26.2 Å². The second kappa shape index (κ2) is 9.52. The normalized spacial score (nSPS) is 11.3. The highest BCUT2D eigenvalue weighted by Gasteiger charge is 2.19. The van der Waals surface area contributed by atoms with E-state index in [1.54, 1.807) is 24.3 Å². The van der Waals surface area contributed by atoms with Crippen LogP contribution >= 0.6 is 22.9 Å². The van der Waals surface area contributed by atoms with Crippen LogP contribution in [0.15, 0.2) is 47.5 Å². The van der Waals surface area contributed by atoms with Gasteiger partial charge in [-0.2, -0.15) is 0 Å². The number of rotatable bonds is 8. The van der Waals surface area contributed by atoms with Gasteiger partial charge in [0, 0.05) is 25.3 Å². The monoisotopic (exact) mass is 466 g/mol. The SMILES string of the molecule is CCOCc1nc(NC(C)=O)sc1-c1cnc(Cl)c(NS(=O)(=O)c2ccccc2)c1. The van der Waals surface area contributed by atoms with Gasteiger partial charge >= 0.3 is 0 Å². The molecule has 0 aliphatic rings. The summed E-state index contributed by atoms with van der Waals surface area (Å²) in [5.74, 6) is -0.246. The molecule has 0 spiro atoms. The third kappa shape index (κ3) is 5.33. The average Bonchev–Trinajstić information content (AvgIpc) is 3.10. The minimum Gasteiger partial charge on any atom is -0.375 e. The van der Waals surface area contributed by atoms with Crippen molar-refractivity contribution in [1.82, 2.24) is 9.97 Å². The molecule has 1 amide bonds. The Morgan fingerprint density at radius 1 is 1.27 bits per heavy atom. The van der Waals surface area contributed by atoms with Crippen LogP contribution in [0.4, 0.5) is 10.8 Å². The van der Waals surface area contributed by atoms with E-state index in [9.17, 15) is 13.2 Å². The van der Waals surface area contributed by atoms with Crippen LogP contribution in [0.25, 0.3) is 10.4 Å². The summed E-state index contributed by atoms with van der Waals surface area (Å²) in [6.45, 7) is 3.98. The summed E-state index contributed by atoms with van der Waals surface area (Å²) >= 11 is 7.38. The minimum absolute atomic E-state index is 0.0104. The first-order valence-corrected chi connectivity index (χ1v) is 11.6. The van der Waals surface area contributed by atoms with Gasteiger partial charge in [-0.25, -0.2) is 18.4 Å². The molecule has 8 nitrogen and oxygen atoms in total. The number of anilines is 2. The lowest BCUT2D eigenvalue weighted by atomic mass is 10.2. The molecule has 2 heterocycles. The maximum absolute atomic E-state index is 12.7. The second-order valence-corrected chi connectivity index (χ2v) is 9.13. The number of benzene rings is 1. The summed E-state index contributed by atoms with van der Waals surface area (Å²) < 4.78 is 33.3. The zero-order valence-electron chi connectivity index (χ0n) is 16.2. The van der Waals surface area contributed by atoms with E-state index in [1.165, 1.54) is 36.6 Å². The Kier molecular flexibility index (Phi) is 7.03. The number of pyridine rings is 1. The lowest BCUT2D eigenvalue weighted by Crippen LogP contribution is -2.13. The Morgan fingerprint density at radius 2 is 2.00 bits per heavy atom. The van der Waals surface area contributed by atoms with Crippen LogP contribution in [0.2, 0.25) is 5.15 Å². The van der Waals surface area contributed by atoms with Crippen LogP contribution < -0.4 is 10.0 Å². The van der Waals surface area contributed by atoms with Crippen molar-refractivity contribution in [2.45, 2.75) is 25.3 Å². The fourth-order valence-electron chi connectivity index (χ4n) is 2.53. The van der Waals surface area contributed by atoms with E-state index in [4.69, 9.17) is 16.3 Å². The Morgan fingerprint density at radius 3 is 2.67 bits per heavy atom. The minimum atomic E-state index is -3.84. The van der Waals surface area contributed by atoms with Gasteiger partial charge < -0.3 is 10.1 Å². The maximum Gasteiger partial charge on any atom is 0.261 e. The van der Waals surface area contributed by atoms with Crippen molar-refractivity contribution in [2.75, 3.05) is 16.6 Å². The largest absolute Gasteiger partial charge is 0.375 e. The zero-order valence-corrected chi connectivity index (χ0v) is 18.6. The predicted molar refractivity (Wildman–Crippen MR) is 117 cm³/mol. The fourth-order valence-corrected chi connectivity index (χ4v) is 4.81. The van der Waals surface area contributed by atoms with E-state index in [0.717, 1.165) is 0 Å². The highest BCUT2D eigenvalue weighted by Crippen LogP contribution is 2.36. The number of aromatic nitrogens is 2. The van der Waals surface area contributed by atoms with Crippen molar-refractivity contribution in [3.63, 3.8) is 0 Å². The molecular weight excluding hydrogens is 448 g/mol. The topological polar surface area (TPSA) is 110 Å². The molecule has 2 aromatic heterocycles. The number of carbonyl (C=O) groups is 1. The first-order chi connectivity index (χ1) is 14.3. The van der Waals surface area contributed by atoms with Crippen molar-refractivity contribution < 1.29 is 17.9 Å². The maximum atomic E-state index is 12.7. The van der Waals surface area contributed by atoms with E-state index in [1.807, 2.05) is 6.92 Å². The van der Waals surface area contributed by atoms with Crippen molar-refractivity contribution >= 4 is 49.7 Å². The van der Waals surface area contributed by atoms with E-state index in [2.05, 4.69) is 20.0 Å². The summed E-state index contributed by atoms with van der Waals surface area (Å²) in [7, 11) is -3.84. The predicted octanol–water partition coefficient (Wildman–Crippen LogP) is 4.15. The van der Waals surface area contributed by atoms with Crippen molar-refractivity contribution in [3.05, 3.63) is 53.4 Å². The van der Waals surface area contributed by atoms with Crippen molar-refractivity contribution in [1.29, 1.82) is 0 Å². The molecular formula is C19H19ClN4O4S2. The van der Waals surface area contributed by atoms with Crippen LogP contribution in [0.3, 0.4) is 0 Å². The Bertz CT molecular complexity index is 1150. The lowest BCUT2D eigenvalue weighted by Gasteiger charge is -2.11. The van der Waals surface area contributed by atoms with Gasteiger partial charge in [-0.05, 0) is 25.1 Å². The van der Waals surface area contributed by atoms with Gasteiger partial charge in [0.1, 0.15) is 0 Å². The van der Waals surface area contributed by atoms with Gasteiger partial charge in [0.25, 0.3) is 10.0 Å². The van der Waals surface area contributed by atoms with Gasteiger partial charge in [-0.3, -0.25) is 9.52 Å². The first-order valence-electron chi connectivity index (χ1n) is 8.89. The van der Waals surface area contributed by atoms with Crippen LogP contribution in [0.1, 0.15) is 19.5 Å². The highest BCUT2D eigenvalue weighted by atomic mass is 35.5. The van der Waals surface area contributed by atoms with Crippen LogP contribution in [-0.4, -0.2) is 30.9 Å². The summed E-state index contributed by atoms with van der Waals surface area (Å²) in [4.78, 5) is 20.7. The number of thiazole rings is 1. The Balaban J connectivity index is 1.98. The van der Waals surface area contributed by atoms with Gasteiger partial charge in [0.05, 0.1) is 27.8 Å². The van der Waals surface area contributed by atoms with E-state index >= 15 is 0 Å². The number of sulfonamides is 1. The zero-order chi connectivity index (χ0) is 21.7. The average molecular weight is 467 g/mol. The molecule has 0 aliphatic heterocycles. The molecule has 0 unspecified atom stereocenters. The molecule has 11 heteroatoms. The van der Waals surface area contributed by atoms with Gasteiger partial charge in [-0.1, -0.05) is 41.1 Å². The number of hydrogen-bond acceptors (Lipinski definition) is 7. The molecule has 158 valence electrons. The van der Waals surface area contributed by atoms with E-state index < -0.39 is 10.0 Å². The molecule has 0 atom stereocenters. The summed E-state index contributed by atoms with van der Waals surface area (Å²) in [6, 6.07) is 9.53. The highest BCUT2D eigenvalue weighted by molar-refractivity contribution is 7.92. The first kappa shape index (κ1) is 22.2. The summed E-state index contributed by atoms with van der Waals surface area (Å²) in [5, 5.41) is 3.07. The molecule has 3 aromatic rings. The number of ether oxygens (including phenoxy) is 1. The number of nitrogens with one attached hydrogen (secondary N) is 2. The number of carbonyl (C=O) groups excluding carboxylic acids is 1. The lowest BCUT2D eigenvalue weighted by molar-refractivity contribution is -0.114. The molecule has 30 heavy (non-hydrogen) atoms. The number of hydrogen-bond donors (Lipinski definition) is 2.